The number of nitrogens with one attached hydrogen (secondary N) is 1. The van der Waals surface area contributed by atoms with Crippen molar-refractivity contribution in [3.05, 3.63) is 17.1 Å². The smallest absolute Gasteiger partial charge is 0.221 e. The van der Waals surface area contributed by atoms with Crippen LogP contribution < -0.4 is 10.1 Å². The van der Waals surface area contributed by atoms with Gasteiger partial charge < -0.3 is 10.1 Å². The van der Waals surface area contributed by atoms with Gasteiger partial charge in [0.2, 0.25) is 5.88 Å². The Bertz CT molecular complexity index is 428. The largest absolute Gasteiger partial charge is 0.481 e. The summed E-state index contributed by atoms with van der Waals surface area (Å²) in [6.07, 6.45) is 0. The van der Waals surface area contributed by atoms with Gasteiger partial charge in [-0.1, -0.05) is 13.8 Å². The van der Waals surface area contributed by atoms with E-state index in [0.29, 0.717) is 5.92 Å². The monoisotopic (exact) mass is 264 g/mol. The first-order valence-corrected chi connectivity index (χ1v) is 6.96. The van der Waals surface area contributed by atoms with Gasteiger partial charge in [-0.05, 0) is 6.92 Å². The molecule has 1 saturated heterocycles. The fraction of sp³-hybridized carbons (Fsp3) is 0.714. The average molecular weight is 264 g/mol. The first kappa shape index (κ1) is 14.2. The van der Waals surface area contributed by atoms with E-state index in [1.807, 2.05) is 6.92 Å². The molecule has 1 N–H and O–H groups in total. The molecule has 0 atom stereocenters. The third-order valence-corrected chi connectivity index (χ3v) is 3.49. The van der Waals surface area contributed by atoms with Crippen LogP contribution in [0.3, 0.4) is 0 Å². The lowest BCUT2D eigenvalue weighted by Gasteiger charge is -2.28. The van der Waals surface area contributed by atoms with E-state index in [1.54, 1.807) is 7.11 Å². The molecule has 5 heteroatoms. The van der Waals surface area contributed by atoms with Crippen LogP contribution in [0.5, 0.6) is 5.88 Å². The van der Waals surface area contributed by atoms with Gasteiger partial charge in [0.25, 0.3) is 0 Å². The van der Waals surface area contributed by atoms with Crippen LogP contribution in [0.15, 0.2) is 0 Å². The number of ether oxygens (including phenoxy) is 1. The molecule has 0 aromatic carbocycles. The second kappa shape index (κ2) is 6.30. The van der Waals surface area contributed by atoms with Gasteiger partial charge in [0.1, 0.15) is 5.82 Å². The lowest BCUT2D eigenvalue weighted by Crippen LogP contribution is -2.43. The number of aromatic nitrogens is 2. The molecule has 0 radical (unpaired) electrons. The highest BCUT2D eigenvalue weighted by atomic mass is 16.5. The number of hydrogen-bond acceptors (Lipinski definition) is 5. The summed E-state index contributed by atoms with van der Waals surface area (Å²) in [6.45, 7) is 11.3. The van der Waals surface area contributed by atoms with Gasteiger partial charge in [0.05, 0.1) is 7.11 Å². The number of aryl methyl sites for hydroxylation is 1. The molecule has 1 aliphatic heterocycles. The predicted octanol–water partition coefficient (Wildman–Crippen LogP) is 1.32. The summed E-state index contributed by atoms with van der Waals surface area (Å²) in [4.78, 5) is 11.6. The number of nitrogens with zero attached hydrogens (tertiary/aromatic N) is 3. The molecule has 0 amide bonds. The second-order valence-electron chi connectivity index (χ2n) is 5.34. The molecule has 1 aromatic rings. The van der Waals surface area contributed by atoms with Crippen LogP contribution in [-0.4, -0.2) is 48.2 Å². The van der Waals surface area contributed by atoms with Crippen LogP contribution in [0.2, 0.25) is 0 Å². The number of hydrogen-bond donors (Lipinski definition) is 1. The number of methoxy groups -OCH3 is 1. The van der Waals surface area contributed by atoms with E-state index in [2.05, 4.69) is 34.0 Å². The van der Waals surface area contributed by atoms with E-state index >= 15 is 0 Å². The van der Waals surface area contributed by atoms with Gasteiger partial charge >= 0.3 is 0 Å². The van der Waals surface area contributed by atoms with Crippen LogP contribution in [-0.2, 0) is 6.54 Å². The second-order valence-corrected chi connectivity index (χ2v) is 5.34. The molecule has 106 valence electrons. The highest BCUT2D eigenvalue weighted by Crippen LogP contribution is 2.23. The van der Waals surface area contributed by atoms with Crippen LogP contribution in [0, 0.1) is 6.92 Å². The van der Waals surface area contributed by atoms with Gasteiger partial charge in [-0.25, -0.2) is 4.98 Å². The van der Waals surface area contributed by atoms with E-state index in [0.717, 1.165) is 55.7 Å². The SMILES string of the molecule is COc1nc(C(C)C)nc(C)c1CN1CCNCC1. The van der Waals surface area contributed by atoms with Gasteiger partial charge in [-0.15, -0.1) is 0 Å². The van der Waals surface area contributed by atoms with Crippen molar-refractivity contribution < 1.29 is 4.74 Å². The van der Waals surface area contributed by atoms with Gasteiger partial charge in [-0.2, -0.15) is 4.98 Å². The van der Waals surface area contributed by atoms with E-state index in [-0.39, 0.29) is 0 Å². The zero-order valence-corrected chi connectivity index (χ0v) is 12.4. The lowest BCUT2D eigenvalue weighted by atomic mass is 10.1. The maximum absolute atomic E-state index is 5.47. The Morgan fingerprint density at radius 2 is 1.95 bits per heavy atom. The third-order valence-electron chi connectivity index (χ3n) is 3.49. The van der Waals surface area contributed by atoms with E-state index < -0.39 is 0 Å². The predicted molar refractivity (Wildman–Crippen MR) is 75.6 cm³/mol. The van der Waals surface area contributed by atoms with Crippen molar-refractivity contribution in [2.75, 3.05) is 33.3 Å². The van der Waals surface area contributed by atoms with Gasteiger partial charge in [-0.3, -0.25) is 4.90 Å². The molecule has 1 aromatic heterocycles. The van der Waals surface area contributed by atoms with Crippen LogP contribution in [0.1, 0.15) is 36.8 Å². The van der Waals surface area contributed by atoms with E-state index in [9.17, 15) is 0 Å². The first-order valence-electron chi connectivity index (χ1n) is 6.96. The molecule has 5 nitrogen and oxygen atoms in total. The van der Waals surface area contributed by atoms with Crippen molar-refractivity contribution in [3.63, 3.8) is 0 Å². The fourth-order valence-electron chi connectivity index (χ4n) is 2.29. The molecule has 0 spiro atoms. The van der Waals surface area contributed by atoms with Gasteiger partial charge in [0.15, 0.2) is 0 Å². The number of piperazine rings is 1. The fourth-order valence-corrected chi connectivity index (χ4v) is 2.29. The Hall–Kier alpha value is -1.20. The topological polar surface area (TPSA) is 50.3 Å². The molecule has 1 aliphatic rings. The summed E-state index contributed by atoms with van der Waals surface area (Å²) in [6, 6.07) is 0. The van der Waals surface area contributed by atoms with Crippen LogP contribution >= 0.6 is 0 Å². The summed E-state index contributed by atoms with van der Waals surface area (Å²) >= 11 is 0. The molecule has 0 unspecified atom stereocenters. The zero-order valence-electron chi connectivity index (χ0n) is 12.4. The maximum Gasteiger partial charge on any atom is 0.221 e. The highest BCUT2D eigenvalue weighted by Gasteiger charge is 2.18. The van der Waals surface area contributed by atoms with E-state index in [1.165, 1.54) is 0 Å². The van der Waals surface area contributed by atoms with Crippen molar-refractivity contribution >= 4 is 0 Å². The molecule has 19 heavy (non-hydrogen) atoms. The lowest BCUT2D eigenvalue weighted by molar-refractivity contribution is 0.228. The Balaban J connectivity index is 2.23. The summed E-state index contributed by atoms with van der Waals surface area (Å²) in [5.74, 6) is 1.91. The maximum atomic E-state index is 5.47. The van der Waals surface area contributed by atoms with Crippen LogP contribution in [0.4, 0.5) is 0 Å². The average Bonchev–Trinajstić information content (AvgIpc) is 2.41. The quantitative estimate of drug-likeness (QED) is 0.889. The summed E-state index contributed by atoms with van der Waals surface area (Å²) < 4.78 is 5.47. The van der Waals surface area contributed by atoms with Crippen molar-refractivity contribution in [3.8, 4) is 5.88 Å². The minimum absolute atomic E-state index is 0.320. The van der Waals surface area contributed by atoms with Crippen molar-refractivity contribution in [1.82, 2.24) is 20.2 Å². The molecule has 0 saturated carbocycles. The minimum Gasteiger partial charge on any atom is -0.481 e. The standard InChI is InChI=1S/C14H24N4O/c1-10(2)13-16-11(3)12(14(17-13)19-4)9-18-7-5-15-6-8-18/h10,15H,5-9H2,1-4H3. The Kier molecular flexibility index (Phi) is 4.71. The Labute approximate surface area is 115 Å². The molecular formula is C14H24N4O. The molecule has 0 aliphatic carbocycles. The molecule has 2 rings (SSSR count). The summed E-state index contributed by atoms with van der Waals surface area (Å²) in [7, 11) is 1.69. The van der Waals surface area contributed by atoms with E-state index in [4.69, 9.17) is 4.74 Å². The first-order chi connectivity index (χ1) is 9.11. The highest BCUT2D eigenvalue weighted by molar-refractivity contribution is 5.31. The summed E-state index contributed by atoms with van der Waals surface area (Å²) in [5, 5.41) is 3.36. The Morgan fingerprint density at radius 1 is 1.26 bits per heavy atom. The third kappa shape index (κ3) is 3.42. The minimum atomic E-state index is 0.320. The zero-order chi connectivity index (χ0) is 13.8. The normalized spacial score (nSPS) is 16.9. The Morgan fingerprint density at radius 3 is 2.53 bits per heavy atom. The molecule has 1 fully saturated rings. The van der Waals surface area contributed by atoms with Gasteiger partial charge in [0, 0.05) is 49.9 Å². The molecule has 2 heterocycles. The van der Waals surface area contributed by atoms with Crippen molar-refractivity contribution in [1.29, 1.82) is 0 Å². The molecule has 0 bridgehead atoms. The van der Waals surface area contributed by atoms with Crippen LogP contribution in [0.25, 0.3) is 0 Å². The molecular weight excluding hydrogens is 240 g/mol. The van der Waals surface area contributed by atoms with Crippen molar-refractivity contribution in [2.24, 2.45) is 0 Å². The van der Waals surface area contributed by atoms with Crippen molar-refractivity contribution in [2.45, 2.75) is 33.2 Å². The summed E-state index contributed by atoms with van der Waals surface area (Å²) in [5.41, 5.74) is 2.16. The number of rotatable bonds is 4.